The van der Waals surface area contributed by atoms with E-state index in [1.807, 2.05) is 0 Å². The van der Waals surface area contributed by atoms with Crippen LogP contribution in [0.4, 0.5) is 0 Å². The minimum atomic E-state index is -1.17. The molecule has 7 heteroatoms. The maximum atomic E-state index is 11.2. The normalized spacial score (nSPS) is 10.7. The number of amides is 1. The molecular weight excluding hydrogens is 218 g/mol. The zero-order valence-electron chi connectivity index (χ0n) is 9.40. The van der Waals surface area contributed by atoms with Crippen LogP contribution in [0.15, 0.2) is 0 Å². The molecule has 92 valence electrons. The molecule has 0 aliphatic carbocycles. The van der Waals surface area contributed by atoms with E-state index in [0.29, 0.717) is 0 Å². The van der Waals surface area contributed by atoms with Crippen LogP contribution in [-0.2, 0) is 23.9 Å². The molecule has 16 heavy (non-hydrogen) atoms. The smallest absolute Gasteiger partial charge is 0.330 e. The highest BCUT2D eigenvalue weighted by molar-refractivity contribution is 5.87. The van der Waals surface area contributed by atoms with E-state index in [-0.39, 0.29) is 0 Å². The van der Waals surface area contributed by atoms with Gasteiger partial charge in [-0.15, -0.1) is 0 Å². The molecule has 0 fully saturated rings. The maximum absolute atomic E-state index is 11.2. The topological polar surface area (TPSA) is 102 Å². The lowest BCUT2D eigenvalue weighted by Crippen LogP contribution is -2.51. The number of carboxylic acid groups (broad SMARTS) is 1. The highest BCUT2D eigenvalue weighted by Gasteiger charge is 2.30. The van der Waals surface area contributed by atoms with Crippen LogP contribution in [0.5, 0.6) is 0 Å². The number of rotatable bonds is 6. The Hall–Kier alpha value is -1.63. The van der Waals surface area contributed by atoms with Gasteiger partial charge in [0.2, 0.25) is 5.91 Å². The molecule has 0 aliphatic rings. The molecule has 0 saturated heterocycles. The van der Waals surface area contributed by atoms with Crippen molar-refractivity contribution in [1.29, 1.82) is 0 Å². The third kappa shape index (κ3) is 5.30. The monoisotopic (exact) mass is 233 g/mol. The summed E-state index contributed by atoms with van der Waals surface area (Å²) in [6.07, 6.45) is 0. The second-order valence-electron chi connectivity index (χ2n) is 3.55. The lowest BCUT2D eigenvalue weighted by atomic mass is 10.1. The number of methoxy groups -OCH3 is 1. The third-order valence-corrected chi connectivity index (χ3v) is 1.61. The van der Waals surface area contributed by atoms with Crippen LogP contribution < -0.4 is 5.32 Å². The molecule has 0 heterocycles. The SMILES string of the molecule is COC(=O)C(C)(C)NC(=O)COCC(=O)O. The van der Waals surface area contributed by atoms with E-state index in [1.165, 1.54) is 21.0 Å². The number of carboxylic acids is 1. The van der Waals surface area contributed by atoms with Crippen molar-refractivity contribution in [2.75, 3.05) is 20.3 Å². The summed E-state index contributed by atoms with van der Waals surface area (Å²) in [5.74, 6) is -2.35. The predicted octanol–water partition coefficient (Wildman–Crippen LogP) is -0.845. The van der Waals surface area contributed by atoms with Gasteiger partial charge in [-0.05, 0) is 13.8 Å². The Kier molecular flexibility index (Phi) is 5.44. The molecule has 0 bridgehead atoms. The van der Waals surface area contributed by atoms with E-state index in [9.17, 15) is 14.4 Å². The summed E-state index contributed by atoms with van der Waals surface area (Å²) in [5.41, 5.74) is -1.17. The molecule has 0 aromatic carbocycles. The molecule has 0 spiro atoms. The van der Waals surface area contributed by atoms with Gasteiger partial charge in [0.1, 0.15) is 18.8 Å². The Morgan fingerprint density at radius 2 is 1.81 bits per heavy atom. The van der Waals surface area contributed by atoms with Crippen LogP contribution in [0.1, 0.15) is 13.8 Å². The summed E-state index contributed by atoms with van der Waals surface area (Å²) in [5, 5.41) is 10.6. The molecule has 0 atom stereocenters. The second-order valence-corrected chi connectivity index (χ2v) is 3.55. The minimum absolute atomic E-state index is 0.424. The van der Waals surface area contributed by atoms with Crippen molar-refractivity contribution in [3.8, 4) is 0 Å². The van der Waals surface area contributed by atoms with Crippen molar-refractivity contribution in [2.45, 2.75) is 19.4 Å². The van der Waals surface area contributed by atoms with Crippen LogP contribution in [-0.4, -0.2) is 48.8 Å². The van der Waals surface area contributed by atoms with Gasteiger partial charge in [-0.2, -0.15) is 0 Å². The molecule has 0 rings (SSSR count). The van der Waals surface area contributed by atoms with Crippen LogP contribution in [0.2, 0.25) is 0 Å². The zero-order valence-corrected chi connectivity index (χ0v) is 9.40. The summed E-state index contributed by atoms with van der Waals surface area (Å²) in [7, 11) is 1.21. The number of ether oxygens (including phenoxy) is 2. The van der Waals surface area contributed by atoms with Crippen molar-refractivity contribution >= 4 is 17.8 Å². The Balaban J connectivity index is 4.04. The first-order valence-electron chi connectivity index (χ1n) is 4.48. The molecule has 0 radical (unpaired) electrons. The van der Waals surface area contributed by atoms with E-state index in [4.69, 9.17) is 5.11 Å². The van der Waals surface area contributed by atoms with Crippen LogP contribution >= 0.6 is 0 Å². The standard InChI is InChI=1S/C9H15NO6/c1-9(2,8(14)15-3)10-6(11)4-16-5-7(12)13/h4-5H2,1-3H3,(H,10,11)(H,12,13). The van der Waals surface area contributed by atoms with Gasteiger partial charge < -0.3 is 19.9 Å². The number of carbonyl (C=O) groups is 3. The summed E-state index contributed by atoms with van der Waals surface area (Å²) >= 11 is 0. The molecule has 1 amide bonds. The lowest BCUT2D eigenvalue weighted by molar-refractivity contribution is -0.151. The summed E-state index contributed by atoms with van der Waals surface area (Å²) in [6, 6.07) is 0. The molecule has 0 aliphatic heterocycles. The van der Waals surface area contributed by atoms with E-state index < -0.39 is 36.6 Å². The van der Waals surface area contributed by atoms with Crippen LogP contribution in [0.25, 0.3) is 0 Å². The van der Waals surface area contributed by atoms with Crippen molar-refractivity contribution in [3.63, 3.8) is 0 Å². The second kappa shape index (κ2) is 6.06. The van der Waals surface area contributed by atoms with Crippen LogP contribution in [0.3, 0.4) is 0 Å². The van der Waals surface area contributed by atoms with Gasteiger partial charge in [-0.25, -0.2) is 9.59 Å². The predicted molar refractivity (Wildman–Crippen MR) is 52.7 cm³/mol. The number of hydrogen-bond acceptors (Lipinski definition) is 5. The number of carbonyl (C=O) groups excluding carboxylic acids is 2. The summed E-state index contributed by atoms with van der Waals surface area (Å²) in [6.45, 7) is 1.95. The molecule has 0 aromatic rings. The number of nitrogens with one attached hydrogen (secondary N) is 1. The first-order valence-corrected chi connectivity index (χ1v) is 4.48. The Labute approximate surface area is 92.7 Å². The Morgan fingerprint density at radius 3 is 2.25 bits per heavy atom. The quantitative estimate of drug-likeness (QED) is 0.580. The fourth-order valence-electron chi connectivity index (χ4n) is 0.922. The van der Waals surface area contributed by atoms with E-state index in [1.54, 1.807) is 0 Å². The minimum Gasteiger partial charge on any atom is -0.480 e. The van der Waals surface area contributed by atoms with Crippen molar-refractivity contribution < 1.29 is 29.0 Å². The van der Waals surface area contributed by atoms with Crippen molar-refractivity contribution in [2.24, 2.45) is 0 Å². The maximum Gasteiger partial charge on any atom is 0.330 e. The molecule has 0 aromatic heterocycles. The van der Waals surface area contributed by atoms with Gasteiger partial charge in [0.05, 0.1) is 7.11 Å². The van der Waals surface area contributed by atoms with Gasteiger partial charge in [-0.3, -0.25) is 4.79 Å². The number of esters is 1. The average molecular weight is 233 g/mol. The molecule has 0 saturated carbocycles. The molecule has 7 nitrogen and oxygen atoms in total. The van der Waals surface area contributed by atoms with E-state index in [0.717, 1.165) is 0 Å². The van der Waals surface area contributed by atoms with Gasteiger partial charge >= 0.3 is 11.9 Å². The number of hydrogen-bond donors (Lipinski definition) is 2. The van der Waals surface area contributed by atoms with Crippen molar-refractivity contribution in [1.82, 2.24) is 5.32 Å². The van der Waals surface area contributed by atoms with E-state index >= 15 is 0 Å². The first-order chi connectivity index (χ1) is 7.29. The fraction of sp³-hybridized carbons (Fsp3) is 0.667. The van der Waals surface area contributed by atoms with Gasteiger partial charge in [0.15, 0.2) is 0 Å². The summed E-state index contributed by atoms with van der Waals surface area (Å²) in [4.78, 5) is 32.5. The van der Waals surface area contributed by atoms with Crippen LogP contribution in [0, 0.1) is 0 Å². The van der Waals surface area contributed by atoms with Gasteiger partial charge in [0, 0.05) is 0 Å². The Morgan fingerprint density at radius 1 is 1.25 bits per heavy atom. The zero-order chi connectivity index (χ0) is 12.8. The largest absolute Gasteiger partial charge is 0.480 e. The average Bonchev–Trinajstić information content (AvgIpc) is 2.14. The van der Waals surface area contributed by atoms with Crippen molar-refractivity contribution in [3.05, 3.63) is 0 Å². The molecular formula is C9H15NO6. The highest BCUT2D eigenvalue weighted by atomic mass is 16.5. The molecule has 0 unspecified atom stereocenters. The van der Waals surface area contributed by atoms with Gasteiger partial charge in [0.25, 0.3) is 0 Å². The highest BCUT2D eigenvalue weighted by Crippen LogP contribution is 2.03. The van der Waals surface area contributed by atoms with E-state index in [2.05, 4.69) is 14.8 Å². The lowest BCUT2D eigenvalue weighted by Gasteiger charge is -2.22. The number of aliphatic carboxylic acids is 1. The van der Waals surface area contributed by atoms with Gasteiger partial charge in [-0.1, -0.05) is 0 Å². The molecule has 2 N–H and O–H groups in total. The third-order valence-electron chi connectivity index (χ3n) is 1.61. The summed E-state index contributed by atoms with van der Waals surface area (Å²) < 4.78 is 9.02. The fourth-order valence-corrected chi connectivity index (χ4v) is 0.922. The Bertz CT molecular complexity index is 286. The first kappa shape index (κ1) is 14.4.